The third-order valence-electron chi connectivity index (χ3n) is 12.6. The van der Waals surface area contributed by atoms with Crippen LogP contribution in [0, 0.1) is 0 Å². The van der Waals surface area contributed by atoms with Crippen LogP contribution in [0.3, 0.4) is 0 Å². The molecule has 3 aliphatic rings. The summed E-state index contributed by atoms with van der Waals surface area (Å²) in [4.78, 5) is 57.5. The molecule has 0 radical (unpaired) electrons. The Hall–Kier alpha value is -7.98. The van der Waals surface area contributed by atoms with Gasteiger partial charge in [-0.05, 0) is 69.8 Å². The molecule has 0 aromatic heterocycles. The highest BCUT2D eigenvalue weighted by Crippen LogP contribution is 2.26. The Kier molecular flexibility index (Phi) is 18.5. The van der Waals surface area contributed by atoms with Crippen molar-refractivity contribution in [3.05, 3.63) is 180 Å². The highest BCUT2D eigenvalue weighted by molar-refractivity contribution is 6.02. The number of oxime groups is 3. The molecule has 3 atom stereocenters. The zero-order valence-corrected chi connectivity index (χ0v) is 40.7. The molecule has 3 N–H and O–H groups in total. The molecule has 372 valence electrons. The standard InChI is InChI=1S/3C19H20N2O3/c3*1-24-20-17-11-18(13-22)21(12-17)19(23)16-9-7-15(8-10-16)14-5-3-2-4-6-14/h3*2-10,18,22H,11-13H2,1H3/b20-17+;;/t3*18-/m000/s1. The van der Waals surface area contributed by atoms with Crippen molar-refractivity contribution in [3.63, 3.8) is 0 Å². The number of aliphatic hydroxyl groups excluding tert-OH is 3. The fourth-order valence-electron chi connectivity index (χ4n) is 8.91. The molecule has 3 saturated heterocycles. The molecule has 3 heterocycles. The highest BCUT2D eigenvalue weighted by Gasteiger charge is 2.35. The van der Waals surface area contributed by atoms with Crippen molar-refractivity contribution in [3.8, 4) is 33.4 Å². The van der Waals surface area contributed by atoms with Crippen LogP contribution < -0.4 is 0 Å². The largest absolute Gasteiger partial charge is 0.399 e. The molecule has 9 rings (SSSR count). The number of benzene rings is 6. The van der Waals surface area contributed by atoms with E-state index in [1.54, 1.807) is 14.7 Å². The second-order valence-electron chi connectivity index (χ2n) is 17.3. The molecular weight excluding hydrogens is 913 g/mol. The van der Waals surface area contributed by atoms with Crippen LogP contribution in [-0.2, 0) is 14.5 Å². The van der Waals surface area contributed by atoms with Gasteiger partial charge in [-0.15, -0.1) is 0 Å². The minimum absolute atomic E-state index is 0.0867. The van der Waals surface area contributed by atoms with Gasteiger partial charge in [-0.1, -0.05) is 143 Å². The van der Waals surface area contributed by atoms with E-state index in [2.05, 4.69) is 15.5 Å². The molecule has 0 aliphatic carbocycles. The fraction of sp³-hybridized carbons (Fsp3) is 0.263. The van der Waals surface area contributed by atoms with Crippen LogP contribution in [0.15, 0.2) is 179 Å². The lowest BCUT2D eigenvalue weighted by molar-refractivity contribution is 0.0674. The predicted octanol–water partition coefficient (Wildman–Crippen LogP) is 7.69. The van der Waals surface area contributed by atoms with E-state index in [4.69, 9.17) is 14.5 Å². The number of hydrogen-bond donors (Lipinski definition) is 3. The van der Waals surface area contributed by atoms with Crippen LogP contribution >= 0.6 is 0 Å². The molecule has 3 amide bonds. The Morgan fingerprint density at radius 2 is 0.611 bits per heavy atom. The number of aliphatic hydroxyl groups is 3. The summed E-state index contributed by atoms with van der Waals surface area (Å²) >= 11 is 0. The van der Waals surface area contributed by atoms with E-state index in [1.165, 1.54) is 21.3 Å². The highest BCUT2D eigenvalue weighted by atomic mass is 16.6. The normalized spacial score (nSPS) is 18.8. The second-order valence-corrected chi connectivity index (χ2v) is 17.3. The van der Waals surface area contributed by atoms with E-state index in [9.17, 15) is 29.7 Å². The lowest BCUT2D eigenvalue weighted by Crippen LogP contribution is -2.37. The molecule has 0 saturated carbocycles. The smallest absolute Gasteiger partial charge is 0.254 e. The van der Waals surface area contributed by atoms with Gasteiger partial charge in [0, 0.05) is 36.0 Å². The summed E-state index contributed by atoms with van der Waals surface area (Å²) in [5, 5.41) is 40.3. The number of nitrogens with zero attached hydrogens (tertiary/aromatic N) is 6. The Morgan fingerprint density at radius 1 is 0.389 bits per heavy atom. The molecule has 0 spiro atoms. The Morgan fingerprint density at radius 3 is 0.819 bits per heavy atom. The first-order valence-electron chi connectivity index (χ1n) is 23.7. The zero-order chi connectivity index (χ0) is 50.8. The van der Waals surface area contributed by atoms with Gasteiger partial charge in [0.05, 0.1) is 74.7 Å². The van der Waals surface area contributed by atoms with Crippen LogP contribution in [0.2, 0.25) is 0 Å². The molecule has 6 aromatic carbocycles. The maximum absolute atomic E-state index is 12.7. The van der Waals surface area contributed by atoms with Crippen molar-refractivity contribution in [1.82, 2.24) is 14.7 Å². The summed E-state index contributed by atoms with van der Waals surface area (Å²) in [7, 11) is 4.44. The molecule has 0 bridgehead atoms. The minimum atomic E-state index is -0.250. The van der Waals surface area contributed by atoms with Gasteiger partial charge in [0.2, 0.25) is 0 Å². The molecule has 72 heavy (non-hydrogen) atoms. The number of hydrogen-bond acceptors (Lipinski definition) is 12. The first-order chi connectivity index (χ1) is 35.2. The first kappa shape index (κ1) is 51.9. The summed E-state index contributed by atoms with van der Waals surface area (Å²) in [6.45, 7) is 0.902. The quantitative estimate of drug-likeness (QED) is 0.103. The lowest BCUT2D eigenvalue weighted by atomic mass is 10.0. The van der Waals surface area contributed by atoms with Crippen molar-refractivity contribution >= 4 is 34.9 Å². The molecule has 3 fully saturated rings. The van der Waals surface area contributed by atoms with E-state index in [1.807, 2.05) is 164 Å². The first-order valence-corrected chi connectivity index (χ1v) is 23.7. The molecule has 3 aliphatic heterocycles. The number of amides is 3. The van der Waals surface area contributed by atoms with Crippen LogP contribution in [-0.4, -0.2) is 144 Å². The monoisotopic (exact) mass is 972 g/mol. The SMILES string of the molecule is CO/N=C1\C[C@@H](CO)N(C(=O)c2ccc(-c3ccccc3)cc2)C1.CON=C1C[C@@H](CO)N(C(=O)c2ccc(-c3ccccc3)cc2)C1.CON=C1C[C@@H](CO)N(C(=O)c2ccc(-c3ccccc3)cc2)C1. The summed E-state index contributed by atoms with van der Waals surface area (Å²) < 4.78 is 0. The average Bonchev–Trinajstić information content (AvgIpc) is 4.19. The number of likely N-dealkylation sites (tertiary alicyclic amines) is 3. The van der Waals surface area contributed by atoms with Gasteiger partial charge in [0.15, 0.2) is 0 Å². The van der Waals surface area contributed by atoms with Crippen molar-refractivity contribution in [2.45, 2.75) is 37.4 Å². The maximum Gasteiger partial charge on any atom is 0.254 e. The number of carbonyl (C=O) groups is 3. The predicted molar refractivity (Wildman–Crippen MR) is 279 cm³/mol. The van der Waals surface area contributed by atoms with E-state index in [0.29, 0.717) is 55.6 Å². The minimum Gasteiger partial charge on any atom is -0.399 e. The zero-order valence-electron chi connectivity index (χ0n) is 40.7. The van der Waals surface area contributed by atoms with Crippen LogP contribution in [0.4, 0.5) is 0 Å². The maximum atomic E-state index is 12.7. The lowest BCUT2D eigenvalue weighted by Gasteiger charge is -2.22. The Bertz CT molecular complexity index is 2480. The summed E-state index contributed by atoms with van der Waals surface area (Å²) in [6.07, 6.45) is 1.62. The van der Waals surface area contributed by atoms with Gasteiger partial charge < -0.3 is 44.5 Å². The van der Waals surface area contributed by atoms with Crippen molar-refractivity contribution in [2.75, 3.05) is 60.8 Å². The van der Waals surface area contributed by atoms with E-state index < -0.39 is 0 Å². The topological polar surface area (TPSA) is 186 Å². The number of carbonyl (C=O) groups excluding carboxylic acids is 3. The van der Waals surface area contributed by atoms with Gasteiger partial charge in [0.25, 0.3) is 17.7 Å². The van der Waals surface area contributed by atoms with E-state index >= 15 is 0 Å². The molecule has 6 aromatic rings. The second kappa shape index (κ2) is 25.8. The van der Waals surface area contributed by atoms with Gasteiger partial charge in [-0.2, -0.15) is 0 Å². The average molecular weight is 973 g/mol. The van der Waals surface area contributed by atoms with Gasteiger partial charge in [0.1, 0.15) is 21.3 Å². The van der Waals surface area contributed by atoms with Crippen LogP contribution in [0.25, 0.3) is 33.4 Å². The molecule has 15 nitrogen and oxygen atoms in total. The Balaban J connectivity index is 0.000000158. The molecule has 15 heteroatoms. The third-order valence-corrected chi connectivity index (χ3v) is 12.6. The number of rotatable bonds is 12. The van der Waals surface area contributed by atoms with Gasteiger partial charge in [-0.25, -0.2) is 0 Å². The van der Waals surface area contributed by atoms with Crippen LogP contribution in [0.5, 0.6) is 0 Å². The molecule has 0 unspecified atom stereocenters. The van der Waals surface area contributed by atoms with Crippen molar-refractivity contribution in [1.29, 1.82) is 0 Å². The Labute approximate surface area is 419 Å². The summed E-state index contributed by atoms with van der Waals surface area (Å²) in [5.74, 6) is -0.306. The van der Waals surface area contributed by atoms with Gasteiger partial charge >= 0.3 is 0 Å². The van der Waals surface area contributed by atoms with E-state index in [-0.39, 0.29) is 55.7 Å². The van der Waals surface area contributed by atoms with E-state index in [0.717, 1.165) is 50.5 Å². The van der Waals surface area contributed by atoms with Gasteiger partial charge in [-0.3, -0.25) is 14.4 Å². The molecular formula is C57H60N6O9. The summed E-state index contributed by atoms with van der Waals surface area (Å²) in [5.41, 5.74) is 10.6. The third kappa shape index (κ3) is 13.1. The fourth-order valence-corrected chi connectivity index (χ4v) is 8.91. The summed E-state index contributed by atoms with van der Waals surface area (Å²) in [6, 6.07) is 51.9. The van der Waals surface area contributed by atoms with Crippen molar-refractivity contribution in [2.24, 2.45) is 15.5 Å². The van der Waals surface area contributed by atoms with Crippen LogP contribution in [0.1, 0.15) is 50.3 Å². The van der Waals surface area contributed by atoms with Crippen molar-refractivity contribution < 1.29 is 44.2 Å².